The standard InChI is InChI=1S/C22H21ClN4O2/c1-28-20-8-7-16(11-21(20)29-2)27-10-9-18-17(13-27)19(12-22(24)26-18)25-15-5-3-14(23)4-6-15/h3-12H,13H2,1-2H3,(H3,24,25,26). The number of fused-ring (bicyclic) bond motifs is 1. The molecule has 0 unspecified atom stereocenters. The number of hydrogen-bond donors (Lipinski definition) is 2. The fourth-order valence-electron chi connectivity index (χ4n) is 3.28. The van der Waals surface area contributed by atoms with E-state index in [-0.39, 0.29) is 0 Å². The number of rotatable bonds is 5. The molecular weight excluding hydrogens is 388 g/mol. The number of nitrogens with two attached hydrogens (primary N) is 1. The van der Waals surface area contributed by atoms with E-state index in [1.165, 1.54) is 0 Å². The molecular formula is C22H21ClN4O2. The normalized spacial score (nSPS) is 12.4. The Morgan fingerprint density at radius 1 is 1.03 bits per heavy atom. The number of anilines is 4. The quantitative estimate of drug-likeness (QED) is 0.614. The number of nitrogens with one attached hydrogen (secondary N) is 1. The summed E-state index contributed by atoms with van der Waals surface area (Å²) >= 11 is 6.00. The van der Waals surface area contributed by atoms with E-state index < -0.39 is 0 Å². The van der Waals surface area contributed by atoms with Crippen LogP contribution in [0.3, 0.4) is 0 Å². The number of aromatic nitrogens is 1. The predicted octanol–water partition coefficient (Wildman–Crippen LogP) is 5.07. The molecule has 0 saturated carbocycles. The maximum Gasteiger partial charge on any atom is 0.162 e. The summed E-state index contributed by atoms with van der Waals surface area (Å²) in [5.74, 6) is 1.83. The van der Waals surface area contributed by atoms with Gasteiger partial charge >= 0.3 is 0 Å². The second-order valence-corrected chi connectivity index (χ2v) is 7.01. The highest BCUT2D eigenvalue weighted by atomic mass is 35.5. The van der Waals surface area contributed by atoms with Crippen LogP contribution in [0.1, 0.15) is 11.3 Å². The fraction of sp³-hybridized carbons (Fsp3) is 0.136. The third-order valence-corrected chi connectivity index (χ3v) is 4.99. The van der Waals surface area contributed by atoms with Gasteiger partial charge < -0.3 is 25.4 Å². The molecule has 4 rings (SSSR count). The largest absolute Gasteiger partial charge is 0.493 e. The lowest BCUT2D eigenvalue weighted by Crippen LogP contribution is -2.21. The van der Waals surface area contributed by atoms with Crippen LogP contribution in [-0.4, -0.2) is 19.2 Å². The van der Waals surface area contributed by atoms with Gasteiger partial charge in [-0.1, -0.05) is 11.6 Å². The van der Waals surface area contributed by atoms with E-state index >= 15 is 0 Å². The molecule has 3 aromatic rings. The van der Waals surface area contributed by atoms with Crippen LogP contribution in [0.4, 0.5) is 22.9 Å². The maximum atomic E-state index is 6.03. The molecule has 0 spiro atoms. The summed E-state index contributed by atoms with van der Waals surface area (Å²) in [5.41, 5.74) is 10.7. The summed E-state index contributed by atoms with van der Waals surface area (Å²) in [6, 6.07) is 15.2. The molecule has 0 bridgehead atoms. The third kappa shape index (κ3) is 3.93. The first-order valence-corrected chi connectivity index (χ1v) is 9.44. The SMILES string of the molecule is COc1ccc(N2C=Cc3nc(N)cc(Nc4ccc(Cl)cc4)c3C2)cc1OC. The molecule has 0 saturated heterocycles. The summed E-state index contributed by atoms with van der Waals surface area (Å²) in [5, 5.41) is 4.12. The van der Waals surface area contributed by atoms with Gasteiger partial charge in [0.1, 0.15) is 5.82 Å². The minimum absolute atomic E-state index is 0.462. The minimum atomic E-state index is 0.462. The second-order valence-electron chi connectivity index (χ2n) is 6.57. The van der Waals surface area contributed by atoms with Crippen LogP contribution in [0.25, 0.3) is 6.08 Å². The zero-order chi connectivity index (χ0) is 20.4. The van der Waals surface area contributed by atoms with E-state index in [0.717, 1.165) is 28.3 Å². The number of nitrogen functional groups attached to an aromatic ring is 1. The molecule has 1 aliphatic rings. The number of benzene rings is 2. The van der Waals surface area contributed by atoms with E-state index in [0.29, 0.717) is 28.9 Å². The number of ether oxygens (including phenoxy) is 2. The van der Waals surface area contributed by atoms with Crippen molar-refractivity contribution in [2.24, 2.45) is 0 Å². The van der Waals surface area contributed by atoms with Crippen molar-refractivity contribution < 1.29 is 9.47 Å². The number of halogens is 1. The lowest BCUT2D eigenvalue weighted by molar-refractivity contribution is 0.355. The maximum absolute atomic E-state index is 6.03. The number of nitrogens with zero attached hydrogens (tertiary/aromatic N) is 2. The first-order valence-electron chi connectivity index (χ1n) is 9.06. The zero-order valence-corrected chi connectivity index (χ0v) is 16.9. The highest BCUT2D eigenvalue weighted by molar-refractivity contribution is 6.30. The molecule has 0 amide bonds. The van der Waals surface area contributed by atoms with Gasteiger partial charge in [0.2, 0.25) is 0 Å². The summed E-state index contributed by atoms with van der Waals surface area (Å²) in [4.78, 5) is 6.60. The van der Waals surface area contributed by atoms with E-state index in [4.69, 9.17) is 26.8 Å². The molecule has 148 valence electrons. The molecule has 0 radical (unpaired) electrons. The monoisotopic (exact) mass is 408 g/mol. The zero-order valence-electron chi connectivity index (χ0n) is 16.1. The lowest BCUT2D eigenvalue weighted by atomic mass is 10.1. The summed E-state index contributed by atoms with van der Waals surface area (Å²) < 4.78 is 10.8. The van der Waals surface area contributed by atoms with Crippen LogP contribution in [0.5, 0.6) is 11.5 Å². The summed E-state index contributed by atoms with van der Waals surface area (Å²) in [7, 11) is 3.25. The van der Waals surface area contributed by atoms with Gasteiger partial charge in [0.15, 0.2) is 11.5 Å². The van der Waals surface area contributed by atoms with E-state index in [2.05, 4.69) is 15.2 Å². The van der Waals surface area contributed by atoms with Crippen LogP contribution in [-0.2, 0) is 6.54 Å². The molecule has 0 atom stereocenters. The molecule has 0 aliphatic carbocycles. The van der Waals surface area contributed by atoms with Gasteiger partial charge in [0.05, 0.1) is 26.5 Å². The van der Waals surface area contributed by atoms with Crippen LogP contribution in [0.15, 0.2) is 54.7 Å². The molecule has 3 N–H and O–H groups in total. The van der Waals surface area contributed by atoms with E-state index in [1.54, 1.807) is 14.2 Å². The van der Waals surface area contributed by atoms with Crippen molar-refractivity contribution >= 4 is 40.6 Å². The Labute approximate surface area is 174 Å². The Kier molecular flexibility index (Phi) is 5.18. The Balaban J connectivity index is 1.67. The Hall–Kier alpha value is -3.38. The van der Waals surface area contributed by atoms with E-state index in [1.807, 2.05) is 60.8 Å². The number of pyridine rings is 1. The Morgan fingerprint density at radius 2 is 1.79 bits per heavy atom. The fourth-order valence-corrected chi connectivity index (χ4v) is 3.41. The average molecular weight is 409 g/mol. The highest BCUT2D eigenvalue weighted by Crippen LogP contribution is 2.36. The minimum Gasteiger partial charge on any atom is -0.493 e. The number of methoxy groups -OCH3 is 2. The molecule has 1 aromatic heterocycles. The van der Waals surface area contributed by atoms with Crippen molar-refractivity contribution in [1.29, 1.82) is 0 Å². The predicted molar refractivity (Wildman–Crippen MR) is 118 cm³/mol. The average Bonchev–Trinajstić information content (AvgIpc) is 2.74. The van der Waals surface area contributed by atoms with Gasteiger partial charge in [-0.15, -0.1) is 0 Å². The Morgan fingerprint density at radius 3 is 2.52 bits per heavy atom. The molecule has 2 heterocycles. The molecule has 2 aromatic carbocycles. The van der Waals surface area contributed by atoms with E-state index in [9.17, 15) is 0 Å². The summed E-state index contributed by atoms with van der Waals surface area (Å²) in [6.45, 7) is 0.629. The molecule has 6 nitrogen and oxygen atoms in total. The van der Waals surface area contributed by atoms with Crippen molar-refractivity contribution in [2.75, 3.05) is 30.2 Å². The van der Waals surface area contributed by atoms with Gasteiger partial charge in [-0.3, -0.25) is 0 Å². The first-order chi connectivity index (χ1) is 14.1. The second kappa shape index (κ2) is 7.93. The van der Waals surface area contributed by atoms with Crippen molar-refractivity contribution in [3.05, 3.63) is 71.0 Å². The smallest absolute Gasteiger partial charge is 0.162 e. The third-order valence-electron chi connectivity index (χ3n) is 4.74. The molecule has 29 heavy (non-hydrogen) atoms. The summed E-state index contributed by atoms with van der Waals surface area (Å²) in [6.07, 6.45) is 3.95. The number of hydrogen-bond acceptors (Lipinski definition) is 6. The molecule has 7 heteroatoms. The lowest BCUT2D eigenvalue weighted by Gasteiger charge is -2.27. The van der Waals surface area contributed by atoms with Crippen LogP contribution in [0.2, 0.25) is 5.02 Å². The molecule has 1 aliphatic heterocycles. The van der Waals surface area contributed by atoms with Gasteiger partial charge in [0, 0.05) is 46.0 Å². The highest BCUT2D eigenvalue weighted by Gasteiger charge is 2.19. The first kappa shape index (κ1) is 19.0. The van der Waals surface area contributed by atoms with Gasteiger partial charge in [0.25, 0.3) is 0 Å². The molecule has 0 fully saturated rings. The van der Waals surface area contributed by atoms with Gasteiger partial charge in [-0.25, -0.2) is 4.98 Å². The van der Waals surface area contributed by atoms with Gasteiger partial charge in [-0.2, -0.15) is 0 Å². The van der Waals surface area contributed by atoms with Crippen LogP contribution < -0.4 is 25.4 Å². The van der Waals surface area contributed by atoms with Crippen LogP contribution >= 0.6 is 11.6 Å². The topological polar surface area (TPSA) is 72.6 Å². The van der Waals surface area contributed by atoms with Crippen molar-refractivity contribution in [2.45, 2.75) is 6.54 Å². The van der Waals surface area contributed by atoms with Crippen LogP contribution in [0, 0.1) is 0 Å². The van der Waals surface area contributed by atoms with Crippen molar-refractivity contribution in [3.8, 4) is 11.5 Å². The van der Waals surface area contributed by atoms with Gasteiger partial charge in [-0.05, 0) is 42.5 Å². The van der Waals surface area contributed by atoms with Crippen molar-refractivity contribution in [3.63, 3.8) is 0 Å². The van der Waals surface area contributed by atoms with Crippen molar-refractivity contribution in [1.82, 2.24) is 4.98 Å². The Bertz CT molecular complexity index is 1070.